The normalized spacial score (nSPS) is 17.6. The number of rotatable bonds is 6. The molecule has 6 unspecified atom stereocenters. The maximum absolute atomic E-state index is 11.6. The van der Waals surface area contributed by atoms with Crippen molar-refractivity contribution in [3.63, 3.8) is 0 Å². The van der Waals surface area contributed by atoms with Crippen LogP contribution in [0.4, 0.5) is 0 Å². The van der Waals surface area contributed by atoms with Crippen molar-refractivity contribution in [3.05, 3.63) is 0 Å². The molecular weight excluding hydrogens is 670 g/mol. The summed E-state index contributed by atoms with van der Waals surface area (Å²) in [5.74, 6) is 0. The van der Waals surface area contributed by atoms with Crippen molar-refractivity contribution < 1.29 is 96.1 Å². The van der Waals surface area contributed by atoms with E-state index in [1.54, 1.807) is 0 Å². The van der Waals surface area contributed by atoms with Crippen molar-refractivity contribution >= 4 is 0 Å². The van der Waals surface area contributed by atoms with Gasteiger partial charge in [0, 0.05) is 0 Å². The molecule has 0 rings (SSSR count). The molecule has 0 amide bonds. The van der Waals surface area contributed by atoms with Crippen LogP contribution in [0.3, 0.4) is 0 Å². The molecule has 8 heteroatoms. The van der Waals surface area contributed by atoms with E-state index in [0.29, 0.717) is 0 Å². The predicted octanol–water partition coefficient (Wildman–Crippen LogP) is 2.77. The Morgan fingerprint density at radius 2 is 0.341 bits per heavy atom. The van der Waals surface area contributed by atoms with Crippen molar-refractivity contribution in [2.45, 2.75) is 181 Å². The Morgan fingerprint density at radius 1 is 0.268 bits per heavy atom. The van der Waals surface area contributed by atoms with Gasteiger partial charge in [0.1, 0.15) is 0 Å². The quantitative estimate of drug-likeness (QED) is 0.412. The third-order valence-corrected chi connectivity index (χ3v) is 7.08. The van der Waals surface area contributed by atoms with E-state index in [-0.39, 0.29) is 117 Å². The van der Waals surface area contributed by atoms with Crippen LogP contribution < -0.4 is 30.6 Å². The molecule has 0 aliphatic heterocycles. The van der Waals surface area contributed by atoms with E-state index in [2.05, 4.69) is 0 Å². The summed E-state index contributed by atoms with van der Waals surface area (Å²) in [6.07, 6.45) is -3.84. The fourth-order valence-electron chi connectivity index (χ4n) is 2.70. The van der Waals surface area contributed by atoms with Crippen molar-refractivity contribution in [2.75, 3.05) is 0 Å². The van der Waals surface area contributed by atoms with Crippen LogP contribution in [0.5, 0.6) is 0 Å². The first kappa shape index (κ1) is 52.5. The third kappa shape index (κ3) is 26.9. The average Bonchev–Trinajstić information content (AvgIpc) is 2.64. The zero-order valence-corrected chi connectivity index (χ0v) is 35.9. The Balaban J connectivity index is -0.000000154. The zero-order chi connectivity index (χ0) is 32.6. The molecule has 6 atom stereocenters. The molecule has 0 aromatic rings. The van der Waals surface area contributed by atoms with Crippen LogP contribution >= 0.6 is 0 Å². The standard InChI is InChI=1S/3C11H22O2.2Y/c3*1-10(2,3)8(12)7-9(13)11(4,5)6;;/h3*8-9H,7H2,1-6H3;;/q3*-2;2*+3. The van der Waals surface area contributed by atoms with Gasteiger partial charge >= 0.3 is 65.4 Å². The molecule has 0 saturated heterocycles. The molecule has 0 aliphatic rings. The minimum Gasteiger partial charge on any atom is -0.852 e. The summed E-state index contributed by atoms with van der Waals surface area (Å²) >= 11 is 0. The van der Waals surface area contributed by atoms with Gasteiger partial charge in [-0.05, 0) is 0 Å². The summed E-state index contributed by atoms with van der Waals surface area (Å²) in [6.45, 7) is 34.0. The molecular formula is C33H66O6Y2. The molecule has 0 heterocycles. The molecule has 41 heavy (non-hydrogen) atoms. The summed E-state index contributed by atoms with van der Waals surface area (Å²) in [7, 11) is 0. The third-order valence-electron chi connectivity index (χ3n) is 7.08. The van der Waals surface area contributed by atoms with Gasteiger partial charge in [-0.2, -0.15) is 0 Å². The second kappa shape index (κ2) is 20.3. The van der Waals surface area contributed by atoms with E-state index in [1.807, 2.05) is 125 Å². The Bertz CT molecular complexity index is 499. The van der Waals surface area contributed by atoms with Crippen molar-refractivity contribution in [2.24, 2.45) is 32.5 Å². The summed E-state index contributed by atoms with van der Waals surface area (Å²) in [6, 6.07) is 0. The van der Waals surface area contributed by atoms with Gasteiger partial charge in [0.2, 0.25) is 0 Å². The Hall–Kier alpha value is 1.97. The van der Waals surface area contributed by atoms with Gasteiger partial charge in [-0.15, -0.1) is 36.6 Å². The predicted molar refractivity (Wildman–Crippen MR) is 153 cm³/mol. The molecule has 0 spiro atoms. The average molecular weight is 737 g/mol. The van der Waals surface area contributed by atoms with E-state index in [1.165, 1.54) is 0 Å². The first-order valence-corrected chi connectivity index (χ1v) is 14.6. The second-order valence-electron chi connectivity index (χ2n) is 17.8. The van der Waals surface area contributed by atoms with Crippen LogP contribution in [0.25, 0.3) is 0 Å². The SMILES string of the molecule is CC(C)(C)C([O-])CC([O-])C(C)(C)C.CC(C)(C)C([O-])CC([O-])C(C)(C)C.CC(C)(C)C([O-])CC([O-])C(C)(C)C.[Y+3].[Y+3]. The largest absolute Gasteiger partial charge is 3.00 e. The van der Waals surface area contributed by atoms with Gasteiger partial charge in [0.05, 0.1) is 0 Å². The van der Waals surface area contributed by atoms with Crippen molar-refractivity contribution in [3.8, 4) is 0 Å². The molecule has 0 bridgehead atoms. The zero-order valence-electron chi connectivity index (χ0n) is 30.2. The van der Waals surface area contributed by atoms with Crippen molar-refractivity contribution in [1.29, 1.82) is 0 Å². The van der Waals surface area contributed by atoms with Gasteiger partial charge in [-0.1, -0.05) is 176 Å². The van der Waals surface area contributed by atoms with Crippen LogP contribution in [0.2, 0.25) is 0 Å². The molecule has 0 fully saturated rings. The fraction of sp³-hybridized carbons (Fsp3) is 1.00. The minimum atomic E-state index is -0.755. The summed E-state index contributed by atoms with van der Waals surface area (Å²) in [5.41, 5.74) is -1.79. The van der Waals surface area contributed by atoms with E-state index in [9.17, 15) is 30.6 Å². The summed E-state index contributed by atoms with van der Waals surface area (Å²) < 4.78 is 0. The number of hydrogen-bond donors (Lipinski definition) is 0. The summed E-state index contributed by atoms with van der Waals surface area (Å²) in [4.78, 5) is 0. The fourth-order valence-corrected chi connectivity index (χ4v) is 2.70. The first-order valence-electron chi connectivity index (χ1n) is 14.6. The molecule has 0 aromatic heterocycles. The Morgan fingerprint density at radius 3 is 0.390 bits per heavy atom. The van der Waals surface area contributed by atoms with Crippen LogP contribution in [0.1, 0.15) is 144 Å². The van der Waals surface area contributed by atoms with Gasteiger partial charge in [0.15, 0.2) is 0 Å². The van der Waals surface area contributed by atoms with Crippen LogP contribution in [-0.2, 0) is 65.4 Å². The van der Waals surface area contributed by atoms with Gasteiger partial charge in [-0.25, -0.2) is 0 Å². The molecule has 240 valence electrons. The Kier molecular flexibility index (Phi) is 25.9. The molecule has 0 N–H and O–H groups in total. The summed E-state index contributed by atoms with van der Waals surface area (Å²) in [5, 5.41) is 69.6. The molecule has 0 aliphatic carbocycles. The molecule has 0 saturated carbocycles. The first-order chi connectivity index (χ1) is 16.6. The van der Waals surface area contributed by atoms with Crippen LogP contribution in [0, 0.1) is 32.5 Å². The van der Waals surface area contributed by atoms with E-state index in [4.69, 9.17) is 0 Å². The van der Waals surface area contributed by atoms with E-state index >= 15 is 0 Å². The van der Waals surface area contributed by atoms with Crippen LogP contribution in [-0.4, -0.2) is 36.6 Å². The van der Waals surface area contributed by atoms with Crippen molar-refractivity contribution in [1.82, 2.24) is 0 Å². The maximum Gasteiger partial charge on any atom is 3.00 e. The topological polar surface area (TPSA) is 138 Å². The van der Waals surface area contributed by atoms with Crippen LogP contribution in [0.15, 0.2) is 0 Å². The van der Waals surface area contributed by atoms with Gasteiger partial charge in [0.25, 0.3) is 0 Å². The Labute approximate surface area is 306 Å². The monoisotopic (exact) mass is 736 g/mol. The maximum atomic E-state index is 11.6. The smallest absolute Gasteiger partial charge is 0.852 e. The molecule has 0 radical (unpaired) electrons. The number of hydrogen-bond acceptors (Lipinski definition) is 6. The van der Waals surface area contributed by atoms with E-state index < -0.39 is 36.6 Å². The van der Waals surface area contributed by atoms with Gasteiger partial charge < -0.3 is 30.6 Å². The minimum absolute atomic E-state index is 0. The molecule has 0 aromatic carbocycles. The second-order valence-corrected chi connectivity index (χ2v) is 17.8. The van der Waals surface area contributed by atoms with Gasteiger partial charge in [-0.3, -0.25) is 0 Å². The molecule has 6 nitrogen and oxygen atoms in total. The van der Waals surface area contributed by atoms with E-state index in [0.717, 1.165) is 0 Å².